The van der Waals surface area contributed by atoms with Gasteiger partial charge in [0.2, 0.25) is 5.91 Å². The highest BCUT2D eigenvalue weighted by molar-refractivity contribution is 5.89. The number of ether oxygens (including phenoxy) is 1. The van der Waals surface area contributed by atoms with E-state index in [9.17, 15) is 14.7 Å². The number of nitrogens with one attached hydrogen (secondary N) is 1. The highest BCUT2D eigenvalue weighted by atomic mass is 16.5. The summed E-state index contributed by atoms with van der Waals surface area (Å²) in [7, 11) is 0. The fourth-order valence-electron chi connectivity index (χ4n) is 4.06. The lowest BCUT2D eigenvalue weighted by atomic mass is 9.82. The Hall–Kier alpha value is -2.76. The number of fused-ring (bicyclic) bond motifs is 1. The number of carbonyl (C=O) groups is 2. The SMILES string of the molecule is CC(=O)NCCOc1cc(CN(C(=O)O)C2(C(C)(C)C)CC2)cc2ccccc12. The van der Waals surface area contributed by atoms with E-state index in [1.54, 1.807) is 4.90 Å². The van der Waals surface area contributed by atoms with Crippen molar-refractivity contribution in [3.63, 3.8) is 0 Å². The van der Waals surface area contributed by atoms with Crippen LogP contribution in [0.1, 0.15) is 46.1 Å². The molecule has 0 atom stereocenters. The van der Waals surface area contributed by atoms with Gasteiger partial charge in [-0.3, -0.25) is 9.69 Å². The molecule has 2 aromatic carbocycles. The molecular formula is C23H30N2O4. The van der Waals surface area contributed by atoms with E-state index in [0.717, 1.165) is 29.2 Å². The Kier molecular flexibility index (Phi) is 5.73. The van der Waals surface area contributed by atoms with Crippen molar-refractivity contribution < 1.29 is 19.4 Å². The van der Waals surface area contributed by atoms with Gasteiger partial charge in [-0.2, -0.15) is 0 Å². The molecule has 1 saturated carbocycles. The number of benzene rings is 2. The van der Waals surface area contributed by atoms with Gasteiger partial charge in [0.15, 0.2) is 0 Å². The summed E-state index contributed by atoms with van der Waals surface area (Å²) in [5.74, 6) is 0.607. The van der Waals surface area contributed by atoms with Crippen LogP contribution in [0.5, 0.6) is 5.75 Å². The maximum absolute atomic E-state index is 12.1. The summed E-state index contributed by atoms with van der Waals surface area (Å²) >= 11 is 0. The Morgan fingerprint density at radius 3 is 2.48 bits per heavy atom. The molecule has 156 valence electrons. The maximum Gasteiger partial charge on any atom is 0.408 e. The van der Waals surface area contributed by atoms with Gasteiger partial charge in [-0.1, -0.05) is 45.0 Å². The van der Waals surface area contributed by atoms with Crippen molar-refractivity contribution in [1.82, 2.24) is 10.2 Å². The second-order valence-electron chi connectivity index (χ2n) is 8.80. The summed E-state index contributed by atoms with van der Waals surface area (Å²) in [6.45, 7) is 8.87. The van der Waals surface area contributed by atoms with Crippen LogP contribution in [-0.2, 0) is 11.3 Å². The first-order valence-electron chi connectivity index (χ1n) is 10.0. The van der Waals surface area contributed by atoms with Gasteiger partial charge in [0.05, 0.1) is 12.1 Å². The van der Waals surface area contributed by atoms with Crippen molar-refractivity contribution in [2.24, 2.45) is 5.41 Å². The standard InChI is InChI=1S/C23H30N2O4/c1-16(26)24-11-12-29-20-14-17(13-18-7-5-6-8-19(18)20)15-25(21(27)28)23(9-10-23)22(2,3)4/h5-8,13-14H,9-12,15H2,1-4H3,(H,24,26)(H,27,28). The molecule has 3 rings (SSSR count). The minimum atomic E-state index is -0.890. The third-order valence-electron chi connectivity index (χ3n) is 5.83. The number of rotatable bonds is 7. The van der Waals surface area contributed by atoms with Crippen LogP contribution < -0.4 is 10.1 Å². The van der Waals surface area contributed by atoms with Crippen LogP contribution in [0, 0.1) is 5.41 Å². The number of hydrogen-bond donors (Lipinski definition) is 2. The van der Waals surface area contributed by atoms with Crippen molar-refractivity contribution in [2.75, 3.05) is 13.2 Å². The van der Waals surface area contributed by atoms with Gasteiger partial charge >= 0.3 is 6.09 Å². The Labute approximate surface area is 171 Å². The predicted molar refractivity (Wildman–Crippen MR) is 113 cm³/mol. The lowest BCUT2D eigenvalue weighted by molar-refractivity contribution is -0.119. The number of carbonyl (C=O) groups excluding carboxylic acids is 1. The molecule has 6 heteroatoms. The third-order valence-corrected chi connectivity index (χ3v) is 5.83. The zero-order valence-corrected chi connectivity index (χ0v) is 17.6. The van der Waals surface area contributed by atoms with Crippen molar-refractivity contribution in [3.05, 3.63) is 42.0 Å². The zero-order chi connectivity index (χ0) is 21.2. The second kappa shape index (κ2) is 7.93. The van der Waals surface area contributed by atoms with E-state index in [-0.39, 0.29) is 16.9 Å². The monoisotopic (exact) mass is 398 g/mol. The van der Waals surface area contributed by atoms with Crippen molar-refractivity contribution in [3.8, 4) is 5.75 Å². The van der Waals surface area contributed by atoms with Crippen LogP contribution in [0.3, 0.4) is 0 Å². The van der Waals surface area contributed by atoms with Crippen LogP contribution in [0.25, 0.3) is 10.8 Å². The van der Waals surface area contributed by atoms with Crippen molar-refractivity contribution >= 4 is 22.8 Å². The second-order valence-corrected chi connectivity index (χ2v) is 8.80. The van der Waals surface area contributed by atoms with Gasteiger partial charge < -0.3 is 15.2 Å². The van der Waals surface area contributed by atoms with E-state index in [0.29, 0.717) is 25.4 Å². The Morgan fingerprint density at radius 2 is 1.90 bits per heavy atom. The topological polar surface area (TPSA) is 78.9 Å². The molecule has 1 aliphatic carbocycles. The molecule has 0 spiro atoms. The molecule has 0 aliphatic heterocycles. The number of hydrogen-bond acceptors (Lipinski definition) is 3. The van der Waals surface area contributed by atoms with Crippen LogP contribution in [0.4, 0.5) is 4.79 Å². The molecule has 2 amide bonds. The zero-order valence-electron chi connectivity index (χ0n) is 17.6. The van der Waals surface area contributed by atoms with E-state index in [4.69, 9.17) is 4.74 Å². The highest BCUT2D eigenvalue weighted by Crippen LogP contribution is 2.54. The largest absolute Gasteiger partial charge is 0.491 e. The molecule has 0 saturated heterocycles. The van der Waals surface area contributed by atoms with Crippen LogP contribution in [0.15, 0.2) is 36.4 Å². The Balaban J connectivity index is 1.88. The van der Waals surface area contributed by atoms with Gasteiger partial charge in [-0.05, 0) is 41.3 Å². The lowest BCUT2D eigenvalue weighted by Gasteiger charge is -2.39. The number of nitrogens with zero attached hydrogens (tertiary/aromatic N) is 1. The minimum Gasteiger partial charge on any atom is -0.491 e. The van der Waals surface area contributed by atoms with Crippen molar-refractivity contribution in [1.29, 1.82) is 0 Å². The first kappa shape index (κ1) is 21.0. The van der Waals surface area contributed by atoms with Gasteiger partial charge in [-0.25, -0.2) is 4.79 Å². The molecule has 29 heavy (non-hydrogen) atoms. The molecular weight excluding hydrogens is 368 g/mol. The summed E-state index contributed by atoms with van der Waals surface area (Å²) in [6, 6.07) is 11.8. The molecule has 2 N–H and O–H groups in total. The van der Waals surface area contributed by atoms with E-state index in [2.05, 4.69) is 26.1 Å². The van der Waals surface area contributed by atoms with E-state index in [1.165, 1.54) is 6.92 Å². The van der Waals surface area contributed by atoms with Gasteiger partial charge in [0, 0.05) is 18.9 Å². The van der Waals surface area contributed by atoms with Gasteiger partial charge in [0.1, 0.15) is 12.4 Å². The fourth-order valence-corrected chi connectivity index (χ4v) is 4.06. The molecule has 0 heterocycles. The lowest BCUT2D eigenvalue weighted by Crippen LogP contribution is -2.48. The summed E-state index contributed by atoms with van der Waals surface area (Å²) in [5.41, 5.74) is 0.452. The maximum atomic E-state index is 12.1. The highest BCUT2D eigenvalue weighted by Gasteiger charge is 2.57. The van der Waals surface area contributed by atoms with Crippen LogP contribution in [-0.4, -0.2) is 40.7 Å². The molecule has 1 fully saturated rings. The molecule has 0 aromatic heterocycles. The minimum absolute atomic E-state index is 0.0961. The average molecular weight is 399 g/mol. The first-order valence-corrected chi connectivity index (χ1v) is 10.0. The summed E-state index contributed by atoms with van der Waals surface area (Å²) in [6.07, 6.45) is 0.881. The van der Waals surface area contributed by atoms with Gasteiger partial charge in [0.25, 0.3) is 0 Å². The smallest absolute Gasteiger partial charge is 0.408 e. The Morgan fingerprint density at radius 1 is 1.21 bits per heavy atom. The number of carboxylic acid groups (broad SMARTS) is 1. The average Bonchev–Trinajstić information content (AvgIpc) is 3.44. The molecule has 0 radical (unpaired) electrons. The molecule has 2 aromatic rings. The van der Waals surface area contributed by atoms with E-state index < -0.39 is 6.09 Å². The fraction of sp³-hybridized carbons (Fsp3) is 0.478. The van der Waals surface area contributed by atoms with E-state index >= 15 is 0 Å². The van der Waals surface area contributed by atoms with Crippen LogP contribution in [0.2, 0.25) is 0 Å². The quantitative estimate of drug-likeness (QED) is 0.677. The first-order chi connectivity index (χ1) is 13.6. The van der Waals surface area contributed by atoms with Crippen molar-refractivity contribution in [2.45, 2.75) is 52.6 Å². The molecule has 6 nitrogen and oxygen atoms in total. The van der Waals surface area contributed by atoms with Gasteiger partial charge in [-0.15, -0.1) is 0 Å². The summed E-state index contributed by atoms with van der Waals surface area (Å²) in [5, 5.41) is 14.6. The Bertz CT molecular complexity index is 913. The normalized spacial score (nSPS) is 15.0. The predicted octanol–water partition coefficient (Wildman–Crippen LogP) is 4.41. The summed E-state index contributed by atoms with van der Waals surface area (Å²) in [4.78, 5) is 24.8. The molecule has 0 unspecified atom stereocenters. The van der Waals surface area contributed by atoms with E-state index in [1.807, 2.05) is 36.4 Å². The third kappa shape index (κ3) is 4.47. The molecule has 0 bridgehead atoms. The number of amides is 2. The van der Waals surface area contributed by atoms with Crippen LogP contribution >= 0.6 is 0 Å². The molecule has 1 aliphatic rings. The summed E-state index contributed by atoms with van der Waals surface area (Å²) < 4.78 is 5.94.